The zero-order valence-corrected chi connectivity index (χ0v) is 10.6. The first-order valence-electron chi connectivity index (χ1n) is 6.11. The molecule has 2 fully saturated rings. The Hall–Kier alpha value is -0.530. The molecule has 2 atom stereocenters. The van der Waals surface area contributed by atoms with Crippen molar-refractivity contribution in [3.63, 3.8) is 0 Å². The van der Waals surface area contributed by atoms with Crippen LogP contribution in [0.15, 0.2) is 30.3 Å². The van der Waals surface area contributed by atoms with E-state index >= 15 is 0 Å². The van der Waals surface area contributed by atoms with Gasteiger partial charge in [-0.15, -0.1) is 12.4 Å². The van der Waals surface area contributed by atoms with E-state index in [9.17, 15) is 0 Å². The summed E-state index contributed by atoms with van der Waals surface area (Å²) in [6.07, 6.45) is 5.59. The van der Waals surface area contributed by atoms with E-state index in [2.05, 4.69) is 42.3 Å². The van der Waals surface area contributed by atoms with Gasteiger partial charge in [0, 0.05) is 12.1 Å². The molecule has 1 aromatic rings. The largest absolute Gasteiger partial charge is 0.300 e. The van der Waals surface area contributed by atoms with Crippen LogP contribution in [0.25, 0.3) is 0 Å². The first-order valence-corrected chi connectivity index (χ1v) is 6.11. The maximum Gasteiger partial charge on any atom is 0.0102 e. The number of hydrogen-bond donors (Lipinski definition) is 0. The van der Waals surface area contributed by atoms with Crippen LogP contribution < -0.4 is 0 Å². The molecular formula is C14H20ClN. The Labute approximate surface area is 104 Å². The van der Waals surface area contributed by atoms with Crippen molar-refractivity contribution in [3.8, 4) is 0 Å². The van der Waals surface area contributed by atoms with Crippen LogP contribution in [0.3, 0.4) is 0 Å². The van der Waals surface area contributed by atoms with E-state index in [1.54, 1.807) is 5.56 Å². The van der Waals surface area contributed by atoms with Crippen molar-refractivity contribution in [2.24, 2.45) is 0 Å². The molecule has 16 heavy (non-hydrogen) atoms. The van der Waals surface area contributed by atoms with Crippen LogP contribution in [0.2, 0.25) is 0 Å². The Morgan fingerprint density at radius 2 is 1.56 bits per heavy atom. The molecule has 0 amide bonds. The highest BCUT2D eigenvalue weighted by atomic mass is 35.5. The van der Waals surface area contributed by atoms with Crippen molar-refractivity contribution >= 4 is 12.4 Å². The van der Waals surface area contributed by atoms with Crippen LogP contribution in [0.4, 0.5) is 0 Å². The zero-order chi connectivity index (χ0) is 10.3. The Bertz CT molecular complexity index is 324. The molecule has 2 aliphatic heterocycles. The van der Waals surface area contributed by atoms with Gasteiger partial charge in [-0.1, -0.05) is 30.3 Å². The fourth-order valence-corrected chi connectivity index (χ4v) is 3.41. The summed E-state index contributed by atoms with van der Waals surface area (Å²) in [5.74, 6) is 0.819. The molecule has 2 unspecified atom stereocenters. The third kappa shape index (κ3) is 1.99. The molecule has 1 nitrogen and oxygen atoms in total. The van der Waals surface area contributed by atoms with Gasteiger partial charge in [-0.2, -0.15) is 0 Å². The smallest absolute Gasteiger partial charge is 0.0102 e. The van der Waals surface area contributed by atoms with Gasteiger partial charge in [0.1, 0.15) is 0 Å². The van der Waals surface area contributed by atoms with Crippen LogP contribution in [0.1, 0.15) is 37.2 Å². The molecule has 3 rings (SSSR count). The number of halogens is 1. The summed E-state index contributed by atoms with van der Waals surface area (Å²) >= 11 is 0. The molecule has 0 aromatic heterocycles. The minimum atomic E-state index is 0. The normalized spacial score (nSPS) is 33.4. The lowest BCUT2D eigenvalue weighted by atomic mass is 9.85. The van der Waals surface area contributed by atoms with Gasteiger partial charge >= 0.3 is 0 Å². The Morgan fingerprint density at radius 3 is 2.12 bits per heavy atom. The van der Waals surface area contributed by atoms with Crippen molar-refractivity contribution in [2.45, 2.75) is 43.7 Å². The molecule has 0 radical (unpaired) electrons. The van der Waals surface area contributed by atoms with Gasteiger partial charge in [0.2, 0.25) is 0 Å². The summed E-state index contributed by atoms with van der Waals surface area (Å²) in [4.78, 5) is 2.61. The van der Waals surface area contributed by atoms with Gasteiger partial charge in [-0.25, -0.2) is 0 Å². The molecule has 2 heteroatoms. The standard InChI is InChI=1S/C14H19N.ClH/c1-15-13-7-8-14(15)10-12(9-13)11-5-3-2-4-6-11;/h2-6,12-14H,7-10H2,1H3;1H. The SMILES string of the molecule is CN1C2CCC1CC(c1ccccc1)C2.Cl. The molecule has 2 saturated heterocycles. The summed E-state index contributed by atoms with van der Waals surface area (Å²) in [6.45, 7) is 0. The zero-order valence-electron chi connectivity index (χ0n) is 9.80. The fourth-order valence-electron chi connectivity index (χ4n) is 3.41. The molecule has 0 aliphatic carbocycles. The summed E-state index contributed by atoms with van der Waals surface area (Å²) < 4.78 is 0. The monoisotopic (exact) mass is 237 g/mol. The van der Waals surface area contributed by atoms with Crippen molar-refractivity contribution < 1.29 is 0 Å². The predicted octanol–water partition coefficient (Wildman–Crippen LogP) is 3.45. The van der Waals surface area contributed by atoms with Crippen LogP contribution in [0.5, 0.6) is 0 Å². The summed E-state index contributed by atoms with van der Waals surface area (Å²) in [7, 11) is 2.31. The highest BCUT2D eigenvalue weighted by molar-refractivity contribution is 5.85. The number of nitrogens with zero attached hydrogens (tertiary/aromatic N) is 1. The maximum atomic E-state index is 2.61. The molecule has 88 valence electrons. The molecule has 0 saturated carbocycles. The lowest BCUT2D eigenvalue weighted by Gasteiger charge is -2.36. The van der Waals surface area contributed by atoms with Gasteiger partial charge < -0.3 is 4.90 Å². The number of piperidine rings is 1. The molecule has 2 bridgehead atoms. The summed E-state index contributed by atoms with van der Waals surface area (Å²) in [5, 5.41) is 0. The second-order valence-electron chi connectivity index (χ2n) is 5.13. The Balaban J connectivity index is 0.000000963. The second kappa shape index (κ2) is 4.77. The van der Waals surface area contributed by atoms with E-state index in [1.807, 2.05) is 0 Å². The van der Waals surface area contributed by atoms with Gasteiger partial charge in [0.25, 0.3) is 0 Å². The van der Waals surface area contributed by atoms with Crippen LogP contribution in [0, 0.1) is 0 Å². The quantitative estimate of drug-likeness (QED) is 0.723. The fraction of sp³-hybridized carbons (Fsp3) is 0.571. The predicted molar refractivity (Wildman–Crippen MR) is 70.2 cm³/mol. The van der Waals surface area contributed by atoms with E-state index in [1.165, 1.54) is 25.7 Å². The topological polar surface area (TPSA) is 3.24 Å². The molecule has 2 heterocycles. The average molecular weight is 238 g/mol. The molecule has 0 N–H and O–H groups in total. The van der Waals surface area contributed by atoms with E-state index in [4.69, 9.17) is 0 Å². The van der Waals surface area contributed by atoms with Crippen molar-refractivity contribution in [2.75, 3.05) is 7.05 Å². The lowest BCUT2D eigenvalue weighted by Crippen LogP contribution is -2.39. The number of rotatable bonds is 1. The van der Waals surface area contributed by atoms with Crippen molar-refractivity contribution in [3.05, 3.63) is 35.9 Å². The van der Waals surface area contributed by atoms with E-state index < -0.39 is 0 Å². The van der Waals surface area contributed by atoms with E-state index in [0.717, 1.165) is 18.0 Å². The minimum absolute atomic E-state index is 0. The van der Waals surface area contributed by atoms with Crippen molar-refractivity contribution in [1.29, 1.82) is 0 Å². The first-order chi connectivity index (χ1) is 7.34. The highest BCUT2D eigenvalue weighted by Crippen LogP contribution is 2.41. The Morgan fingerprint density at radius 1 is 1.00 bits per heavy atom. The van der Waals surface area contributed by atoms with Crippen LogP contribution in [-0.2, 0) is 0 Å². The van der Waals surface area contributed by atoms with Gasteiger partial charge in [-0.05, 0) is 44.2 Å². The number of fused-ring (bicyclic) bond motifs is 2. The van der Waals surface area contributed by atoms with Crippen molar-refractivity contribution in [1.82, 2.24) is 4.90 Å². The number of benzene rings is 1. The van der Waals surface area contributed by atoms with Crippen LogP contribution in [-0.4, -0.2) is 24.0 Å². The average Bonchev–Trinajstić information content (AvgIpc) is 2.54. The summed E-state index contributed by atoms with van der Waals surface area (Å²) in [6, 6.07) is 12.8. The van der Waals surface area contributed by atoms with Gasteiger partial charge in [0.15, 0.2) is 0 Å². The van der Waals surface area contributed by atoms with Gasteiger partial charge in [0.05, 0.1) is 0 Å². The molecule has 0 spiro atoms. The third-order valence-electron chi connectivity index (χ3n) is 4.37. The molecule has 2 aliphatic rings. The first kappa shape index (κ1) is 11.9. The Kier molecular flexibility index (Phi) is 3.56. The molecule has 1 aromatic carbocycles. The van der Waals surface area contributed by atoms with E-state index in [0.29, 0.717) is 0 Å². The van der Waals surface area contributed by atoms with E-state index in [-0.39, 0.29) is 12.4 Å². The van der Waals surface area contributed by atoms with Gasteiger partial charge in [-0.3, -0.25) is 0 Å². The van der Waals surface area contributed by atoms with Crippen LogP contribution >= 0.6 is 12.4 Å². The lowest BCUT2D eigenvalue weighted by molar-refractivity contribution is 0.161. The third-order valence-corrected chi connectivity index (χ3v) is 4.37. The molecular weight excluding hydrogens is 218 g/mol. The second-order valence-corrected chi connectivity index (χ2v) is 5.13. The maximum absolute atomic E-state index is 2.61. The number of hydrogen-bond acceptors (Lipinski definition) is 1. The highest BCUT2D eigenvalue weighted by Gasteiger charge is 2.38. The summed E-state index contributed by atoms with van der Waals surface area (Å²) in [5.41, 5.74) is 1.56. The minimum Gasteiger partial charge on any atom is -0.300 e.